The minimum atomic E-state index is -2.61. The molecule has 284 valence electrons. The zero-order chi connectivity index (χ0) is 38.8. The van der Waals surface area contributed by atoms with Crippen molar-refractivity contribution in [3.63, 3.8) is 0 Å². The quantitative estimate of drug-likeness (QED) is 0.0421. The van der Waals surface area contributed by atoms with Gasteiger partial charge in [-0.3, -0.25) is 0 Å². The van der Waals surface area contributed by atoms with E-state index in [1.165, 1.54) is 22.3 Å². The Kier molecular flexibility index (Phi) is 9.65. The van der Waals surface area contributed by atoms with Gasteiger partial charge in [0.2, 0.25) is 5.82 Å². The van der Waals surface area contributed by atoms with Crippen LogP contribution < -0.4 is 0 Å². The molecule has 0 fully saturated rings. The summed E-state index contributed by atoms with van der Waals surface area (Å²) in [4.78, 5) is 0. The molecule has 8 rings (SSSR count). The number of aryl methyl sites for hydroxylation is 1. The average molecular weight is 764 g/mol. The van der Waals surface area contributed by atoms with Gasteiger partial charge < -0.3 is 9.30 Å². The number of ether oxygens (including phenoxy) is 1. The summed E-state index contributed by atoms with van der Waals surface area (Å²) in [5.74, 6) is -9.61. The Hall–Kier alpha value is -4.53. The smallest absolute Gasteiger partial charge is 0.200 e. The van der Waals surface area contributed by atoms with Gasteiger partial charge in [-0.1, -0.05) is 116 Å². The van der Waals surface area contributed by atoms with Crippen molar-refractivity contribution in [2.24, 2.45) is 0 Å². The fourth-order valence-electron chi connectivity index (χ4n) is 9.65. The van der Waals surface area contributed by atoms with Crippen LogP contribution >= 0.6 is 0 Å². The van der Waals surface area contributed by atoms with Gasteiger partial charge >= 0.3 is 0 Å². The maximum atomic E-state index is 15.4. The number of rotatable bonds is 11. The van der Waals surface area contributed by atoms with Crippen LogP contribution in [0, 0.1) is 36.0 Å². The largest absolute Gasteiger partial charge is 0.376 e. The van der Waals surface area contributed by atoms with Crippen LogP contribution in [0.4, 0.5) is 22.0 Å². The molecule has 5 aromatic carbocycles. The Morgan fingerprint density at radius 3 is 1.76 bits per heavy atom. The fourth-order valence-corrected chi connectivity index (χ4v) is 15.4. The standard InChI is InChI=1S/C47H46F5NOSi/c1-28-22-23-37-35(26-28)38-44(53(37)27-36-39(48)41(50)43(52)42(51)40(36)49)31-18-10-13-21-34(31)46(38)55(5,25-15-7-6-14-24-54-47(2,3)4)45-32-19-11-8-16-29(32)30-17-9-12-20-33(30)45/h8-13,16-23,26,45-46H,6-7,14-15,24-25,27H2,1-5H3. The van der Waals surface area contributed by atoms with E-state index in [1.807, 2.05) is 25.1 Å². The second-order valence-corrected chi connectivity index (χ2v) is 21.3. The van der Waals surface area contributed by atoms with Crippen LogP contribution in [-0.4, -0.2) is 24.8 Å². The fraction of sp³-hybridized carbons (Fsp3) is 0.319. The van der Waals surface area contributed by atoms with E-state index in [2.05, 4.69) is 100 Å². The molecule has 0 amide bonds. The van der Waals surface area contributed by atoms with Crippen LogP contribution in [-0.2, 0) is 11.3 Å². The Bertz CT molecular complexity index is 2370. The van der Waals surface area contributed by atoms with E-state index in [-0.39, 0.29) is 16.7 Å². The number of aromatic nitrogens is 1. The van der Waals surface area contributed by atoms with Gasteiger partial charge in [-0.25, -0.2) is 22.0 Å². The summed E-state index contributed by atoms with van der Waals surface area (Å²) in [6.45, 7) is 11.0. The topological polar surface area (TPSA) is 14.2 Å². The molecular weight excluding hydrogens is 718 g/mol. The van der Waals surface area contributed by atoms with E-state index in [0.29, 0.717) is 5.52 Å². The Morgan fingerprint density at radius 1 is 0.636 bits per heavy atom. The van der Waals surface area contributed by atoms with Gasteiger partial charge in [-0.05, 0) is 79.6 Å². The number of fused-ring (bicyclic) bond motifs is 8. The van der Waals surface area contributed by atoms with E-state index in [9.17, 15) is 13.2 Å². The molecule has 1 aromatic heterocycles. The van der Waals surface area contributed by atoms with Gasteiger partial charge in [0.25, 0.3) is 0 Å². The molecule has 1 heterocycles. The zero-order valence-corrected chi connectivity index (χ0v) is 33.0. The molecule has 6 aromatic rings. The summed E-state index contributed by atoms with van der Waals surface area (Å²) >= 11 is 0. The first-order valence-electron chi connectivity index (χ1n) is 19.4. The van der Waals surface area contributed by atoms with Gasteiger partial charge in [0.1, 0.15) is 0 Å². The highest BCUT2D eigenvalue weighted by atomic mass is 28.3. The van der Waals surface area contributed by atoms with Crippen molar-refractivity contribution >= 4 is 19.0 Å². The Balaban J connectivity index is 1.32. The average Bonchev–Trinajstić information content (AvgIpc) is 3.80. The number of benzene rings is 5. The van der Waals surface area contributed by atoms with Crippen LogP contribution in [0.15, 0.2) is 91.0 Å². The van der Waals surface area contributed by atoms with Crippen LogP contribution in [0.5, 0.6) is 0 Å². The van der Waals surface area contributed by atoms with Crippen LogP contribution in [0.1, 0.15) is 90.9 Å². The molecule has 2 aliphatic rings. The van der Waals surface area contributed by atoms with Crippen molar-refractivity contribution in [2.45, 2.75) is 89.2 Å². The highest BCUT2D eigenvalue weighted by Gasteiger charge is 2.53. The SMILES string of the molecule is Cc1ccc2c(c1)c1c(n2Cc2c(F)c(F)c(F)c(F)c2F)-c2ccccc2C1[Si](C)(CCCCCCOC(C)(C)C)C1c2ccccc2-c2ccccc21. The van der Waals surface area contributed by atoms with Crippen LogP contribution in [0.25, 0.3) is 33.3 Å². The molecular formula is C47H46F5NOSi. The van der Waals surface area contributed by atoms with Gasteiger partial charge in [0.15, 0.2) is 23.3 Å². The maximum absolute atomic E-state index is 15.4. The molecule has 2 aliphatic carbocycles. The van der Waals surface area contributed by atoms with Gasteiger partial charge in [0.05, 0.1) is 25.9 Å². The van der Waals surface area contributed by atoms with Crippen molar-refractivity contribution in [2.75, 3.05) is 6.61 Å². The lowest BCUT2D eigenvalue weighted by Gasteiger charge is -2.41. The van der Waals surface area contributed by atoms with Crippen LogP contribution in [0.3, 0.4) is 0 Å². The van der Waals surface area contributed by atoms with E-state index in [1.54, 1.807) is 4.57 Å². The molecule has 0 radical (unpaired) electrons. The highest BCUT2D eigenvalue weighted by Crippen LogP contribution is 2.61. The summed E-state index contributed by atoms with van der Waals surface area (Å²) in [6, 6.07) is 32.8. The maximum Gasteiger partial charge on any atom is 0.200 e. The Labute approximate surface area is 321 Å². The molecule has 2 unspecified atom stereocenters. The molecule has 0 spiro atoms. The van der Waals surface area contributed by atoms with Crippen molar-refractivity contribution in [1.82, 2.24) is 4.57 Å². The first-order valence-corrected chi connectivity index (χ1v) is 22.2. The third-order valence-electron chi connectivity index (χ3n) is 12.0. The Morgan fingerprint density at radius 2 is 1.16 bits per heavy atom. The lowest BCUT2D eigenvalue weighted by molar-refractivity contribution is -0.00471. The van der Waals surface area contributed by atoms with E-state index >= 15 is 8.78 Å². The highest BCUT2D eigenvalue weighted by molar-refractivity contribution is 6.83. The lowest BCUT2D eigenvalue weighted by Crippen LogP contribution is -2.45. The summed E-state index contributed by atoms with van der Waals surface area (Å²) < 4.78 is 82.2. The molecule has 0 saturated heterocycles. The van der Waals surface area contributed by atoms with Gasteiger partial charge in [0, 0.05) is 39.7 Å². The number of hydrogen-bond acceptors (Lipinski definition) is 1. The normalized spacial score (nSPS) is 15.9. The van der Waals surface area contributed by atoms with E-state index in [0.717, 1.165) is 71.7 Å². The molecule has 0 bridgehead atoms. The molecule has 8 heteroatoms. The molecule has 55 heavy (non-hydrogen) atoms. The molecule has 2 nitrogen and oxygen atoms in total. The second kappa shape index (κ2) is 14.2. The predicted octanol–water partition coefficient (Wildman–Crippen LogP) is 13.2. The molecule has 0 saturated carbocycles. The minimum Gasteiger partial charge on any atom is -0.376 e. The van der Waals surface area contributed by atoms with Gasteiger partial charge in [-0.15, -0.1) is 0 Å². The van der Waals surface area contributed by atoms with Crippen molar-refractivity contribution in [3.05, 3.63) is 153 Å². The summed E-state index contributed by atoms with van der Waals surface area (Å²) in [5, 5.41) is 0.956. The minimum absolute atomic E-state index is 0.0194. The predicted molar refractivity (Wildman–Crippen MR) is 214 cm³/mol. The first kappa shape index (κ1) is 37.4. The summed E-state index contributed by atoms with van der Waals surface area (Å²) in [6.07, 6.45) is 4.15. The molecule has 0 N–H and O–H groups in total. The molecule has 0 aliphatic heterocycles. The lowest BCUT2D eigenvalue weighted by atomic mass is 10.1. The van der Waals surface area contributed by atoms with E-state index < -0.39 is 49.3 Å². The number of nitrogens with zero attached hydrogens (tertiary/aromatic N) is 1. The molecule has 2 atom stereocenters. The third-order valence-corrected chi connectivity index (χ3v) is 17.3. The monoisotopic (exact) mass is 763 g/mol. The zero-order valence-electron chi connectivity index (χ0n) is 32.0. The van der Waals surface area contributed by atoms with Crippen molar-refractivity contribution < 1.29 is 26.7 Å². The van der Waals surface area contributed by atoms with Crippen molar-refractivity contribution in [1.29, 1.82) is 0 Å². The first-order chi connectivity index (χ1) is 26.3. The van der Waals surface area contributed by atoms with Crippen LogP contribution in [0.2, 0.25) is 12.6 Å². The third kappa shape index (κ3) is 6.26. The number of hydrogen-bond donors (Lipinski definition) is 0. The number of halogens is 5. The number of unbranched alkanes of at least 4 members (excludes halogenated alkanes) is 3. The van der Waals surface area contributed by atoms with Gasteiger partial charge in [-0.2, -0.15) is 0 Å². The summed E-state index contributed by atoms with van der Waals surface area (Å²) in [5.41, 5.74) is 10.1. The second-order valence-electron chi connectivity index (χ2n) is 16.7. The summed E-state index contributed by atoms with van der Waals surface area (Å²) in [7, 11) is -2.61. The van der Waals surface area contributed by atoms with E-state index in [4.69, 9.17) is 4.74 Å². The van der Waals surface area contributed by atoms with Crippen molar-refractivity contribution in [3.8, 4) is 22.4 Å².